The van der Waals surface area contributed by atoms with Crippen LogP contribution >= 0.6 is 11.8 Å². The summed E-state index contributed by atoms with van der Waals surface area (Å²) in [6.07, 6.45) is 1.26. The summed E-state index contributed by atoms with van der Waals surface area (Å²) in [5.74, 6) is 0.238. The number of nitrogens with zero attached hydrogens (tertiary/aromatic N) is 2. The maximum absolute atomic E-state index is 11.6. The Hall–Kier alpha value is -2.55. The van der Waals surface area contributed by atoms with Crippen molar-refractivity contribution in [2.24, 2.45) is 16.1 Å². The van der Waals surface area contributed by atoms with Gasteiger partial charge in [-0.25, -0.2) is 0 Å². The lowest BCUT2D eigenvalue weighted by atomic mass is 10.2. The first-order valence-electron chi connectivity index (χ1n) is 8.00. The van der Waals surface area contributed by atoms with Crippen molar-refractivity contribution in [3.8, 4) is 11.5 Å². The summed E-state index contributed by atoms with van der Waals surface area (Å²) in [5, 5.41) is 18.7. The molecule has 0 spiro atoms. The Morgan fingerprint density at radius 2 is 2.19 bits per heavy atom. The molecule has 0 aliphatic carbocycles. The number of carbonyl (C=O) groups is 2. The number of amides is 1. The van der Waals surface area contributed by atoms with E-state index >= 15 is 0 Å². The lowest BCUT2D eigenvalue weighted by Crippen LogP contribution is -2.26. The van der Waals surface area contributed by atoms with E-state index < -0.39 is 11.2 Å². The smallest absolute Gasteiger partial charge is 0.305 e. The predicted molar refractivity (Wildman–Crippen MR) is 100 cm³/mol. The molecular weight excluding hydrogens is 358 g/mol. The van der Waals surface area contributed by atoms with Crippen LogP contribution in [0.5, 0.6) is 11.5 Å². The number of benzene rings is 1. The molecule has 1 unspecified atom stereocenters. The Balaban J connectivity index is 2.02. The first-order chi connectivity index (χ1) is 12.4. The first kappa shape index (κ1) is 19.8. The molecule has 0 bridgehead atoms. The summed E-state index contributed by atoms with van der Waals surface area (Å²) in [5.41, 5.74) is 0.750. The van der Waals surface area contributed by atoms with E-state index in [-0.39, 0.29) is 17.5 Å². The van der Waals surface area contributed by atoms with Crippen molar-refractivity contribution in [1.82, 2.24) is 5.32 Å². The number of ether oxygens (including phenoxy) is 2. The van der Waals surface area contributed by atoms with Crippen LogP contribution in [0.25, 0.3) is 0 Å². The summed E-state index contributed by atoms with van der Waals surface area (Å²) in [7, 11) is 1.56. The molecule has 1 heterocycles. The van der Waals surface area contributed by atoms with Gasteiger partial charge in [-0.1, -0.05) is 25.6 Å². The highest BCUT2D eigenvalue weighted by molar-refractivity contribution is 8.15. The second kappa shape index (κ2) is 9.23. The number of thioether (sulfide) groups is 1. The highest BCUT2D eigenvalue weighted by Crippen LogP contribution is 2.28. The van der Waals surface area contributed by atoms with Gasteiger partial charge in [-0.3, -0.25) is 9.59 Å². The predicted octanol–water partition coefficient (Wildman–Crippen LogP) is 2.13. The molecule has 1 aromatic rings. The fourth-order valence-electron chi connectivity index (χ4n) is 2.03. The van der Waals surface area contributed by atoms with Gasteiger partial charge in [-0.05, 0) is 29.7 Å². The third kappa shape index (κ3) is 5.76. The van der Waals surface area contributed by atoms with E-state index in [9.17, 15) is 9.59 Å². The van der Waals surface area contributed by atoms with Gasteiger partial charge < -0.3 is 19.9 Å². The Kier molecular flexibility index (Phi) is 7.02. The van der Waals surface area contributed by atoms with Crippen LogP contribution in [0.1, 0.15) is 25.8 Å². The van der Waals surface area contributed by atoms with Gasteiger partial charge in [0.2, 0.25) is 5.91 Å². The largest absolute Gasteiger partial charge is 0.493 e. The standard InChI is InChI=1S/C17H21N3O5S/c1-10(2)9-25-12-5-4-11(6-13(12)24-3)8-18-20-17-19-16(23)14(26-17)7-15(21)22/h4-6,8,10,14H,7,9H2,1-3H3,(H,21,22)(H,19,20,23). The van der Waals surface area contributed by atoms with Crippen molar-refractivity contribution in [3.05, 3.63) is 23.8 Å². The van der Waals surface area contributed by atoms with Gasteiger partial charge in [-0.2, -0.15) is 5.10 Å². The van der Waals surface area contributed by atoms with Crippen molar-refractivity contribution in [2.75, 3.05) is 13.7 Å². The first-order valence-corrected chi connectivity index (χ1v) is 8.88. The number of hydrogen-bond acceptors (Lipinski definition) is 7. The average Bonchev–Trinajstić information content (AvgIpc) is 2.92. The maximum Gasteiger partial charge on any atom is 0.305 e. The number of hydrogen-bond donors (Lipinski definition) is 2. The van der Waals surface area contributed by atoms with E-state index in [0.717, 1.165) is 17.3 Å². The van der Waals surface area contributed by atoms with Gasteiger partial charge in [0.25, 0.3) is 0 Å². The Morgan fingerprint density at radius 1 is 1.42 bits per heavy atom. The second-order valence-electron chi connectivity index (χ2n) is 5.96. The molecule has 1 aliphatic rings. The van der Waals surface area contributed by atoms with Crippen molar-refractivity contribution < 1.29 is 24.2 Å². The van der Waals surface area contributed by atoms with Crippen molar-refractivity contribution in [1.29, 1.82) is 0 Å². The zero-order valence-electron chi connectivity index (χ0n) is 14.8. The van der Waals surface area contributed by atoms with E-state index in [1.165, 1.54) is 6.21 Å². The molecule has 0 radical (unpaired) electrons. The molecule has 140 valence electrons. The van der Waals surface area contributed by atoms with Crippen LogP contribution in [-0.2, 0) is 9.59 Å². The number of rotatable bonds is 8. The lowest BCUT2D eigenvalue weighted by Gasteiger charge is -2.12. The lowest BCUT2D eigenvalue weighted by molar-refractivity contribution is -0.138. The van der Waals surface area contributed by atoms with E-state index in [1.807, 2.05) is 6.07 Å². The second-order valence-corrected chi connectivity index (χ2v) is 7.15. The summed E-state index contributed by atoms with van der Waals surface area (Å²) >= 11 is 1.05. The number of aliphatic carboxylic acids is 1. The van der Waals surface area contributed by atoms with Crippen LogP contribution in [0.3, 0.4) is 0 Å². The van der Waals surface area contributed by atoms with Crippen LogP contribution in [0, 0.1) is 5.92 Å². The molecule has 26 heavy (non-hydrogen) atoms. The van der Waals surface area contributed by atoms with Gasteiger partial charge >= 0.3 is 5.97 Å². The van der Waals surface area contributed by atoms with Gasteiger partial charge in [0.15, 0.2) is 16.7 Å². The SMILES string of the molecule is COc1cc(C=NN=C2NC(=O)C(CC(=O)O)S2)ccc1OCC(C)C. The minimum Gasteiger partial charge on any atom is -0.493 e. The van der Waals surface area contributed by atoms with E-state index in [4.69, 9.17) is 14.6 Å². The molecule has 1 saturated heterocycles. The van der Waals surface area contributed by atoms with Gasteiger partial charge in [0.05, 0.1) is 26.4 Å². The van der Waals surface area contributed by atoms with Gasteiger partial charge in [0, 0.05) is 0 Å². The molecule has 0 saturated carbocycles. The third-order valence-corrected chi connectivity index (χ3v) is 4.32. The molecule has 1 aliphatic heterocycles. The number of methoxy groups -OCH3 is 1. The summed E-state index contributed by atoms with van der Waals surface area (Å²) in [6.45, 7) is 4.72. The van der Waals surface area contributed by atoms with E-state index in [0.29, 0.717) is 24.0 Å². The fourth-order valence-corrected chi connectivity index (χ4v) is 2.95. The van der Waals surface area contributed by atoms with Crippen LogP contribution in [0.4, 0.5) is 0 Å². The van der Waals surface area contributed by atoms with Crippen molar-refractivity contribution in [2.45, 2.75) is 25.5 Å². The van der Waals surface area contributed by atoms with Crippen molar-refractivity contribution in [3.63, 3.8) is 0 Å². The Labute approximate surface area is 155 Å². The molecule has 1 amide bonds. The van der Waals surface area contributed by atoms with Gasteiger partial charge in [-0.15, -0.1) is 5.10 Å². The summed E-state index contributed by atoms with van der Waals surface area (Å²) in [6, 6.07) is 5.38. The summed E-state index contributed by atoms with van der Waals surface area (Å²) in [4.78, 5) is 22.3. The highest BCUT2D eigenvalue weighted by Gasteiger charge is 2.32. The molecule has 1 atom stereocenters. The van der Waals surface area contributed by atoms with Gasteiger partial charge in [0.1, 0.15) is 5.25 Å². The fraction of sp³-hybridized carbons (Fsp3) is 0.412. The molecule has 1 fully saturated rings. The molecule has 9 heteroatoms. The summed E-state index contributed by atoms with van der Waals surface area (Å²) < 4.78 is 11.0. The third-order valence-electron chi connectivity index (χ3n) is 3.25. The molecule has 2 rings (SSSR count). The molecule has 2 N–H and O–H groups in total. The monoisotopic (exact) mass is 379 g/mol. The quantitative estimate of drug-likeness (QED) is 0.529. The normalized spacial score (nSPS) is 18.5. The molecule has 8 nitrogen and oxygen atoms in total. The Morgan fingerprint density at radius 3 is 2.85 bits per heavy atom. The van der Waals surface area contributed by atoms with Crippen LogP contribution in [-0.4, -0.2) is 47.3 Å². The average molecular weight is 379 g/mol. The van der Waals surface area contributed by atoms with Crippen LogP contribution in [0.15, 0.2) is 28.4 Å². The Bertz CT molecular complexity index is 733. The number of carboxylic acid groups (broad SMARTS) is 1. The maximum atomic E-state index is 11.6. The van der Waals surface area contributed by atoms with E-state index in [1.54, 1.807) is 19.2 Å². The minimum absolute atomic E-state index is 0.256. The number of nitrogens with one attached hydrogen (secondary N) is 1. The minimum atomic E-state index is -1.03. The molecular formula is C17H21N3O5S. The van der Waals surface area contributed by atoms with Crippen molar-refractivity contribution >= 4 is 35.0 Å². The molecule has 1 aromatic carbocycles. The van der Waals surface area contributed by atoms with E-state index in [2.05, 4.69) is 29.4 Å². The number of amidine groups is 1. The van der Waals surface area contributed by atoms with Crippen LogP contribution in [0.2, 0.25) is 0 Å². The highest BCUT2D eigenvalue weighted by atomic mass is 32.2. The van der Waals surface area contributed by atoms with Crippen LogP contribution < -0.4 is 14.8 Å². The number of carbonyl (C=O) groups excluding carboxylic acids is 1. The molecule has 0 aromatic heterocycles. The zero-order valence-corrected chi connectivity index (χ0v) is 15.6. The number of carboxylic acids is 1. The topological polar surface area (TPSA) is 110 Å². The zero-order chi connectivity index (χ0) is 19.1.